The second-order valence-electron chi connectivity index (χ2n) is 4.65. The van der Waals surface area contributed by atoms with E-state index in [1.54, 1.807) is 10.9 Å². The third kappa shape index (κ3) is 7.40. The minimum Gasteiger partial charge on any atom is -0.362 e. The summed E-state index contributed by atoms with van der Waals surface area (Å²) >= 11 is 5.26. The zero-order valence-corrected chi connectivity index (χ0v) is 14.1. The Labute approximate surface area is 132 Å². The van der Waals surface area contributed by atoms with E-state index in [-0.39, 0.29) is 0 Å². The molecule has 0 bridgehead atoms. The number of rotatable bonds is 10. The van der Waals surface area contributed by atoms with E-state index in [2.05, 4.69) is 34.5 Å². The maximum atomic E-state index is 5.28. The van der Waals surface area contributed by atoms with Gasteiger partial charge < -0.3 is 20.3 Å². The third-order valence-corrected chi connectivity index (χ3v) is 3.40. The van der Waals surface area contributed by atoms with Crippen LogP contribution in [-0.2, 0) is 11.5 Å². The summed E-state index contributed by atoms with van der Waals surface area (Å²) in [6.45, 7) is 11.6. The quantitative estimate of drug-likeness (QED) is 0.508. The minimum absolute atomic E-state index is 0.461. The highest BCUT2D eigenvalue weighted by atomic mass is 32.1. The first-order valence-corrected chi connectivity index (χ1v) is 7.97. The summed E-state index contributed by atoms with van der Waals surface area (Å²) in [5.41, 5.74) is 0.871. The molecule has 1 aromatic rings. The van der Waals surface area contributed by atoms with Crippen molar-refractivity contribution in [2.45, 2.75) is 33.9 Å². The Hall–Kier alpha value is -1.18. The predicted molar refractivity (Wildman–Crippen MR) is 90.5 cm³/mol. The molecule has 1 heterocycles. The number of nitrogens with one attached hydrogen (secondary N) is 2. The molecule has 0 aliphatic rings. The van der Waals surface area contributed by atoms with E-state index in [1.807, 2.05) is 13.1 Å². The molecule has 21 heavy (non-hydrogen) atoms. The summed E-state index contributed by atoms with van der Waals surface area (Å²) in [5.74, 6) is 0. The number of hydrogen-bond donors (Lipinski definition) is 2. The highest BCUT2D eigenvalue weighted by Crippen LogP contribution is 2.04. The monoisotopic (exact) mass is 313 g/mol. The van der Waals surface area contributed by atoms with Crippen molar-refractivity contribution in [3.8, 4) is 0 Å². The fourth-order valence-corrected chi connectivity index (χ4v) is 2.12. The lowest BCUT2D eigenvalue weighted by atomic mass is 10.3. The Bertz CT molecular complexity index is 406. The fourth-order valence-electron chi connectivity index (χ4n) is 1.90. The average molecular weight is 313 g/mol. The fraction of sp³-hybridized carbons (Fsp3) is 0.714. The molecule has 0 fully saturated rings. The van der Waals surface area contributed by atoms with E-state index >= 15 is 0 Å². The zero-order valence-electron chi connectivity index (χ0n) is 13.3. The van der Waals surface area contributed by atoms with Gasteiger partial charge in [-0.15, -0.1) is 0 Å². The van der Waals surface area contributed by atoms with Gasteiger partial charge >= 0.3 is 0 Å². The Kier molecular flexibility index (Phi) is 8.96. The second-order valence-corrected chi connectivity index (χ2v) is 5.06. The maximum absolute atomic E-state index is 5.28. The van der Waals surface area contributed by atoms with Crippen LogP contribution in [-0.4, -0.2) is 52.6 Å². The number of thiocarbonyl (C=S) groups is 1. The van der Waals surface area contributed by atoms with Gasteiger partial charge in [0.25, 0.3) is 0 Å². The molecule has 0 atom stereocenters. The molecule has 1 aromatic heterocycles. The first-order valence-electron chi connectivity index (χ1n) is 7.57. The summed E-state index contributed by atoms with van der Waals surface area (Å²) in [6, 6.07) is 0. The maximum Gasteiger partial charge on any atom is 0.170 e. The van der Waals surface area contributed by atoms with Crippen LogP contribution in [0.15, 0.2) is 12.4 Å². The van der Waals surface area contributed by atoms with Crippen LogP contribution in [0.2, 0.25) is 0 Å². The van der Waals surface area contributed by atoms with Crippen molar-refractivity contribution < 1.29 is 4.74 Å². The number of hydrogen-bond acceptors (Lipinski definition) is 4. The van der Waals surface area contributed by atoms with Gasteiger partial charge in [0.05, 0.1) is 18.1 Å². The van der Waals surface area contributed by atoms with Crippen LogP contribution in [0.4, 0.5) is 5.69 Å². The lowest BCUT2D eigenvalue weighted by Crippen LogP contribution is -2.32. The molecule has 1 rings (SSSR count). The molecule has 0 saturated heterocycles. The number of anilines is 1. The number of nitrogens with zero attached hydrogens (tertiary/aromatic N) is 3. The Balaban J connectivity index is 2.19. The highest BCUT2D eigenvalue weighted by Gasteiger charge is 2.02. The van der Waals surface area contributed by atoms with Crippen molar-refractivity contribution in [2.24, 2.45) is 0 Å². The van der Waals surface area contributed by atoms with Crippen molar-refractivity contribution in [1.29, 1.82) is 0 Å². The molecule has 0 aromatic carbocycles. The van der Waals surface area contributed by atoms with Crippen molar-refractivity contribution >= 4 is 23.0 Å². The molecule has 120 valence electrons. The first-order chi connectivity index (χ1) is 10.2. The number of ether oxygens (including phenoxy) is 1. The summed E-state index contributed by atoms with van der Waals surface area (Å²) < 4.78 is 7.01. The molecular formula is C14H27N5OS. The summed E-state index contributed by atoms with van der Waals surface area (Å²) in [4.78, 5) is 2.40. The van der Waals surface area contributed by atoms with Crippen LogP contribution in [0.1, 0.15) is 27.2 Å². The summed E-state index contributed by atoms with van der Waals surface area (Å²) in [5, 5.41) is 11.1. The largest absolute Gasteiger partial charge is 0.362 e. The molecule has 6 nitrogen and oxygen atoms in total. The predicted octanol–water partition coefficient (Wildman–Crippen LogP) is 1.90. The van der Waals surface area contributed by atoms with Gasteiger partial charge in [-0.3, -0.25) is 0 Å². The molecule has 2 N–H and O–H groups in total. The number of aromatic nitrogens is 2. The normalized spacial score (nSPS) is 10.9. The summed E-state index contributed by atoms with van der Waals surface area (Å²) in [6.07, 6.45) is 4.69. The van der Waals surface area contributed by atoms with E-state index < -0.39 is 0 Å². The smallest absolute Gasteiger partial charge is 0.170 e. The molecule has 0 spiro atoms. The van der Waals surface area contributed by atoms with Crippen LogP contribution in [0.25, 0.3) is 0 Å². The van der Waals surface area contributed by atoms with Crippen molar-refractivity contribution in [3.63, 3.8) is 0 Å². The van der Waals surface area contributed by atoms with Crippen LogP contribution < -0.4 is 10.6 Å². The highest BCUT2D eigenvalue weighted by molar-refractivity contribution is 7.80. The van der Waals surface area contributed by atoms with E-state index in [4.69, 9.17) is 17.0 Å². The topological polar surface area (TPSA) is 54.4 Å². The third-order valence-electron chi connectivity index (χ3n) is 3.15. The van der Waals surface area contributed by atoms with Crippen LogP contribution in [0.3, 0.4) is 0 Å². The van der Waals surface area contributed by atoms with Gasteiger partial charge in [0.15, 0.2) is 5.11 Å². The Morgan fingerprint density at radius 3 is 2.81 bits per heavy atom. The van der Waals surface area contributed by atoms with Crippen molar-refractivity contribution in [3.05, 3.63) is 12.4 Å². The SMILES string of the molecule is CCOCn1cc(NC(=S)NCCCN(CC)CC)cn1. The van der Waals surface area contributed by atoms with Crippen molar-refractivity contribution in [1.82, 2.24) is 20.0 Å². The summed E-state index contributed by atoms with van der Waals surface area (Å²) in [7, 11) is 0. The molecule has 0 radical (unpaired) electrons. The van der Waals surface area contributed by atoms with Crippen molar-refractivity contribution in [2.75, 3.05) is 38.1 Å². The van der Waals surface area contributed by atoms with Gasteiger partial charge in [-0.25, -0.2) is 4.68 Å². The molecule has 0 saturated carbocycles. The zero-order chi connectivity index (χ0) is 15.5. The lowest BCUT2D eigenvalue weighted by molar-refractivity contribution is 0.0792. The van der Waals surface area contributed by atoms with E-state index in [1.165, 1.54) is 0 Å². The van der Waals surface area contributed by atoms with Gasteiger partial charge in [0, 0.05) is 13.2 Å². The second kappa shape index (κ2) is 10.5. The molecular weight excluding hydrogens is 286 g/mol. The lowest BCUT2D eigenvalue weighted by Gasteiger charge is -2.18. The van der Waals surface area contributed by atoms with Gasteiger partial charge in [0.1, 0.15) is 6.73 Å². The Morgan fingerprint density at radius 2 is 2.14 bits per heavy atom. The van der Waals surface area contributed by atoms with E-state index in [9.17, 15) is 0 Å². The van der Waals surface area contributed by atoms with E-state index in [0.29, 0.717) is 18.5 Å². The van der Waals surface area contributed by atoms with Gasteiger partial charge in [0.2, 0.25) is 0 Å². The van der Waals surface area contributed by atoms with Crippen LogP contribution in [0.5, 0.6) is 0 Å². The molecule has 7 heteroatoms. The van der Waals surface area contributed by atoms with Crippen LogP contribution >= 0.6 is 12.2 Å². The van der Waals surface area contributed by atoms with Gasteiger partial charge in [-0.2, -0.15) is 5.10 Å². The molecule has 0 unspecified atom stereocenters. The van der Waals surface area contributed by atoms with Gasteiger partial charge in [-0.05, 0) is 45.2 Å². The van der Waals surface area contributed by atoms with Gasteiger partial charge in [-0.1, -0.05) is 13.8 Å². The molecule has 0 aliphatic carbocycles. The molecule has 0 amide bonds. The molecule has 0 aliphatic heterocycles. The van der Waals surface area contributed by atoms with E-state index in [0.717, 1.165) is 38.3 Å². The average Bonchev–Trinajstić information content (AvgIpc) is 2.92. The first kappa shape index (κ1) is 17.9. The Morgan fingerprint density at radius 1 is 1.38 bits per heavy atom. The van der Waals surface area contributed by atoms with Crippen LogP contribution in [0, 0.1) is 0 Å². The standard InChI is InChI=1S/C14H27N5OS/c1-4-18(5-2)9-7-8-15-14(21)17-13-10-16-19(11-13)12-20-6-3/h10-11H,4-9,12H2,1-3H3,(H2,15,17,21). The minimum atomic E-state index is 0.461.